The summed E-state index contributed by atoms with van der Waals surface area (Å²) in [6, 6.07) is 0. The monoisotopic (exact) mass is 110 g/mol. The highest BCUT2D eigenvalue weighted by Gasteiger charge is 2.13. The minimum Gasteiger partial charge on any atom is -0.393 e. The molecule has 0 aromatic heterocycles. The van der Waals surface area contributed by atoms with Gasteiger partial charge in [-0.05, 0) is 0 Å². The Hall–Kier alpha value is 0.314. The quantitative estimate of drug-likeness (QED) is 0.287. The van der Waals surface area contributed by atoms with Crippen molar-refractivity contribution in [2.45, 2.75) is 0 Å². The fraction of sp³-hybridized carbons (Fsp3) is 0. The van der Waals surface area contributed by atoms with Crippen LogP contribution in [0.2, 0.25) is 0 Å². The molecule has 0 atom stereocenters. The molecule has 0 bridgehead atoms. The highest BCUT2D eigenvalue weighted by Crippen LogP contribution is 1.66. The average molecular weight is 110 g/mol. The highest BCUT2D eigenvalue weighted by molar-refractivity contribution is 7.03. The third-order valence-electron chi connectivity index (χ3n) is 0. The van der Waals surface area contributed by atoms with Gasteiger partial charge in [-0.3, -0.25) is 0 Å². The molecule has 0 saturated carbocycles. The van der Waals surface area contributed by atoms with Crippen LogP contribution in [0.25, 0.3) is 0 Å². The number of hydrogen-bond donors (Lipinski definition) is 3. The van der Waals surface area contributed by atoms with Gasteiger partial charge in [-0.15, -0.1) is 0 Å². The van der Waals surface area contributed by atoms with Gasteiger partial charge in [0.25, 0.3) is 0 Å². The van der Waals surface area contributed by atoms with Crippen LogP contribution in [0.1, 0.15) is 0 Å². The SMILES string of the molecule is O[Si](O)(O)[SiH3]. The Labute approximate surface area is 33.5 Å². The van der Waals surface area contributed by atoms with Crippen LogP contribution in [-0.4, -0.2) is 32.5 Å². The summed E-state index contributed by atoms with van der Waals surface area (Å²) in [5.41, 5.74) is 0. The van der Waals surface area contributed by atoms with Gasteiger partial charge in [0.1, 0.15) is 9.76 Å². The van der Waals surface area contributed by atoms with Crippen molar-refractivity contribution in [3.63, 3.8) is 0 Å². The van der Waals surface area contributed by atoms with E-state index < -0.39 is 8.32 Å². The van der Waals surface area contributed by atoms with Crippen LogP contribution in [0, 0.1) is 0 Å². The average Bonchev–Trinajstić information content (AvgIpc) is 0.722. The van der Waals surface area contributed by atoms with Crippen molar-refractivity contribution < 1.29 is 14.4 Å². The zero-order chi connectivity index (χ0) is 4.50. The maximum atomic E-state index is 7.83. The lowest BCUT2D eigenvalue weighted by molar-refractivity contribution is 0.261. The van der Waals surface area contributed by atoms with Crippen molar-refractivity contribution in [3.8, 4) is 0 Å². The minimum absolute atomic E-state index is 0.113. The molecule has 0 heterocycles. The first-order valence-electron chi connectivity index (χ1n) is 1.17. The van der Waals surface area contributed by atoms with Gasteiger partial charge in [0, 0.05) is 0 Å². The summed E-state index contributed by atoms with van der Waals surface area (Å²) in [5.74, 6) is 0. The van der Waals surface area contributed by atoms with E-state index in [0.717, 1.165) is 0 Å². The molecular weight excluding hydrogens is 104 g/mol. The van der Waals surface area contributed by atoms with E-state index in [9.17, 15) is 0 Å². The molecule has 0 aromatic rings. The summed E-state index contributed by atoms with van der Waals surface area (Å²) in [5, 5.41) is 0. The first kappa shape index (κ1) is 5.31. The normalized spacial score (nSPS) is 12.6. The predicted octanol–water partition coefficient (Wildman–Crippen LogP) is -3.24. The van der Waals surface area contributed by atoms with Gasteiger partial charge in [-0.2, -0.15) is 0 Å². The lowest BCUT2D eigenvalue weighted by Crippen LogP contribution is -2.35. The molecule has 0 radical (unpaired) electrons. The number of rotatable bonds is 0. The predicted molar refractivity (Wildman–Crippen MR) is 22.3 cm³/mol. The van der Waals surface area contributed by atoms with Crippen molar-refractivity contribution in [2.75, 3.05) is 0 Å². The van der Waals surface area contributed by atoms with Gasteiger partial charge < -0.3 is 14.4 Å². The first-order valence-corrected chi connectivity index (χ1v) is 6.51. The lowest BCUT2D eigenvalue weighted by atomic mass is 15.8. The van der Waals surface area contributed by atoms with Gasteiger partial charge in [0.15, 0.2) is 0 Å². The summed E-state index contributed by atoms with van der Waals surface area (Å²) in [7, 11) is -3.36. The van der Waals surface area contributed by atoms with Crippen LogP contribution in [0.5, 0.6) is 0 Å². The summed E-state index contributed by atoms with van der Waals surface area (Å²) in [6.45, 7) is 0. The molecule has 0 aromatic carbocycles. The minimum atomic E-state index is -3.47. The van der Waals surface area contributed by atoms with Crippen molar-refractivity contribution in [2.24, 2.45) is 0 Å². The van der Waals surface area contributed by atoms with Gasteiger partial charge in [0.05, 0.1) is 0 Å². The Bertz CT molecular complexity index is 20.4. The van der Waals surface area contributed by atoms with E-state index in [0.29, 0.717) is 0 Å². The van der Waals surface area contributed by atoms with Gasteiger partial charge >= 0.3 is 8.32 Å². The second kappa shape index (κ2) is 1.19. The smallest absolute Gasteiger partial charge is 0.393 e. The van der Waals surface area contributed by atoms with E-state index in [1.165, 1.54) is 0 Å². The van der Waals surface area contributed by atoms with Gasteiger partial charge in [-0.1, -0.05) is 0 Å². The number of hydrogen-bond acceptors (Lipinski definition) is 3. The molecule has 0 aliphatic rings. The van der Waals surface area contributed by atoms with Gasteiger partial charge in [0.2, 0.25) is 0 Å². The second-order valence-corrected chi connectivity index (χ2v) is 6.94. The Balaban J connectivity index is 3.02. The van der Waals surface area contributed by atoms with Crippen LogP contribution in [0.3, 0.4) is 0 Å². The first-order chi connectivity index (χ1) is 2.00. The summed E-state index contributed by atoms with van der Waals surface area (Å²) in [4.78, 5) is 23.5. The van der Waals surface area contributed by atoms with Crippen LogP contribution in [0.15, 0.2) is 0 Å². The summed E-state index contributed by atoms with van der Waals surface area (Å²) in [6.07, 6.45) is 0. The van der Waals surface area contributed by atoms with Crippen LogP contribution >= 0.6 is 0 Å². The zero-order valence-corrected chi connectivity index (χ0v) is 5.84. The second-order valence-electron chi connectivity index (χ2n) is 0.971. The molecule has 3 nitrogen and oxygen atoms in total. The standard InChI is InChI=1S/H6O3Si2/c1-5(2,3)4/h1-3H,4H3. The summed E-state index contributed by atoms with van der Waals surface area (Å²) >= 11 is 0. The van der Waals surface area contributed by atoms with Crippen LogP contribution in [0.4, 0.5) is 0 Å². The van der Waals surface area contributed by atoms with Crippen LogP contribution in [-0.2, 0) is 0 Å². The van der Waals surface area contributed by atoms with E-state index >= 15 is 0 Å². The Kier molecular flexibility index (Phi) is 1.26. The molecule has 32 valence electrons. The lowest BCUT2D eigenvalue weighted by Gasteiger charge is -1.95. The van der Waals surface area contributed by atoms with E-state index in [1.807, 2.05) is 0 Å². The molecule has 0 spiro atoms. The Morgan fingerprint density at radius 2 is 1.20 bits per heavy atom. The van der Waals surface area contributed by atoms with Crippen molar-refractivity contribution >= 4 is 18.1 Å². The highest BCUT2D eigenvalue weighted by atomic mass is 29.2. The van der Waals surface area contributed by atoms with Crippen molar-refractivity contribution in [1.29, 1.82) is 0 Å². The molecule has 3 N–H and O–H groups in total. The fourth-order valence-electron chi connectivity index (χ4n) is 0. The Morgan fingerprint density at radius 1 is 1.20 bits per heavy atom. The molecule has 0 amide bonds. The van der Waals surface area contributed by atoms with Crippen molar-refractivity contribution in [1.82, 2.24) is 0 Å². The van der Waals surface area contributed by atoms with E-state index in [-0.39, 0.29) is 9.76 Å². The maximum absolute atomic E-state index is 7.83. The largest absolute Gasteiger partial charge is 0.449 e. The Morgan fingerprint density at radius 3 is 1.20 bits per heavy atom. The molecule has 0 saturated heterocycles. The van der Waals surface area contributed by atoms with E-state index in [1.54, 1.807) is 0 Å². The third kappa shape index (κ3) is 235. The maximum Gasteiger partial charge on any atom is 0.449 e. The molecule has 5 heavy (non-hydrogen) atoms. The molecular formula is H6O3Si2. The summed E-state index contributed by atoms with van der Waals surface area (Å²) < 4.78 is 0. The van der Waals surface area contributed by atoms with Crippen LogP contribution < -0.4 is 0 Å². The molecule has 0 unspecified atom stereocenters. The molecule has 0 rings (SSSR count). The third-order valence-corrected chi connectivity index (χ3v) is 0. The molecule has 0 aliphatic carbocycles. The van der Waals surface area contributed by atoms with Crippen molar-refractivity contribution in [3.05, 3.63) is 0 Å². The molecule has 0 aliphatic heterocycles. The fourth-order valence-corrected chi connectivity index (χ4v) is 0. The molecule has 0 fully saturated rings. The van der Waals surface area contributed by atoms with E-state index in [2.05, 4.69) is 0 Å². The molecule has 5 heteroatoms. The zero-order valence-electron chi connectivity index (χ0n) is 2.84. The van der Waals surface area contributed by atoms with Gasteiger partial charge in [-0.25, -0.2) is 0 Å². The van der Waals surface area contributed by atoms with E-state index in [4.69, 9.17) is 14.4 Å². The topological polar surface area (TPSA) is 60.7 Å².